The first-order chi connectivity index (χ1) is 15.3. The maximum atomic E-state index is 4.92. The van der Waals surface area contributed by atoms with E-state index < -0.39 is 0 Å². The van der Waals surface area contributed by atoms with Gasteiger partial charge in [-0.3, -0.25) is 4.98 Å². The molecule has 1 aliphatic carbocycles. The molecule has 0 N–H and O–H groups in total. The zero-order chi connectivity index (χ0) is 22.5. The van der Waals surface area contributed by atoms with Crippen molar-refractivity contribution in [3.05, 3.63) is 89.1 Å². The molecule has 0 amide bonds. The fourth-order valence-corrected chi connectivity index (χ4v) is 5.15. The van der Waals surface area contributed by atoms with E-state index in [0.717, 1.165) is 25.0 Å². The molecule has 0 saturated carbocycles. The highest BCUT2D eigenvalue weighted by atomic mass is 14.7. The van der Waals surface area contributed by atoms with Crippen LogP contribution in [-0.4, -0.2) is 4.98 Å². The van der Waals surface area contributed by atoms with E-state index in [1.165, 1.54) is 49.7 Å². The van der Waals surface area contributed by atoms with Gasteiger partial charge in [0.15, 0.2) is 0 Å². The summed E-state index contributed by atoms with van der Waals surface area (Å²) in [4.78, 5) is 4.92. The lowest BCUT2D eigenvalue weighted by Crippen LogP contribution is -2.12. The van der Waals surface area contributed by atoms with E-state index in [1.807, 2.05) is 0 Å². The molecule has 0 bridgehead atoms. The largest absolute Gasteiger partial charge is 0.256 e. The van der Waals surface area contributed by atoms with E-state index in [9.17, 15) is 0 Å². The summed E-state index contributed by atoms with van der Waals surface area (Å²) in [5, 5.41) is 2.62. The quantitative estimate of drug-likeness (QED) is 0.326. The molecule has 1 nitrogen and oxygen atoms in total. The van der Waals surface area contributed by atoms with Crippen molar-refractivity contribution in [1.29, 1.82) is 0 Å². The van der Waals surface area contributed by atoms with Crippen molar-refractivity contribution in [1.82, 2.24) is 4.98 Å². The summed E-state index contributed by atoms with van der Waals surface area (Å²) in [7, 11) is 0. The van der Waals surface area contributed by atoms with Crippen LogP contribution >= 0.6 is 0 Å². The molecule has 4 aromatic rings. The van der Waals surface area contributed by atoms with Gasteiger partial charge in [0, 0.05) is 11.8 Å². The van der Waals surface area contributed by atoms with Crippen LogP contribution in [0.5, 0.6) is 0 Å². The third-order valence-electron chi connectivity index (χ3n) is 6.72. The maximum Gasteiger partial charge on any atom is 0.0708 e. The summed E-state index contributed by atoms with van der Waals surface area (Å²) < 4.78 is 0. The topological polar surface area (TPSA) is 12.9 Å². The maximum absolute atomic E-state index is 4.92. The lowest BCUT2D eigenvalue weighted by atomic mass is 9.81. The monoisotopic (exact) mass is 419 g/mol. The molecule has 1 aromatic heterocycles. The summed E-state index contributed by atoms with van der Waals surface area (Å²) in [6.45, 7) is 11.5. The zero-order valence-corrected chi connectivity index (χ0v) is 20.0. The van der Waals surface area contributed by atoms with Crippen molar-refractivity contribution >= 4 is 10.8 Å². The Balaban J connectivity index is 1.63. The van der Waals surface area contributed by atoms with Crippen LogP contribution in [-0.2, 0) is 24.7 Å². The highest BCUT2D eigenvalue weighted by Crippen LogP contribution is 2.38. The Labute approximate surface area is 192 Å². The zero-order valence-electron chi connectivity index (χ0n) is 20.0. The number of aromatic nitrogens is 1. The molecule has 5 rings (SSSR count). The van der Waals surface area contributed by atoms with Crippen molar-refractivity contribution in [2.45, 2.75) is 59.3 Å². The van der Waals surface area contributed by atoms with Gasteiger partial charge >= 0.3 is 0 Å². The summed E-state index contributed by atoms with van der Waals surface area (Å²) in [5.74, 6) is 0.685. The number of pyridine rings is 1. The molecule has 0 unspecified atom stereocenters. The van der Waals surface area contributed by atoms with Crippen LogP contribution in [0.25, 0.3) is 33.2 Å². The number of hydrogen-bond acceptors (Lipinski definition) is 1. The fourth-order valence-electron chi connectivity index (χ4n) is 5.15. The molecule has 0 fully saturated rings. The van der Waals surface area contributed by atoms with Crippen LogP contribution < -0.4 is 0 Å². The third kappa shape index (κ3) is 3.86. The van der Waals surface area contributed by atoms with E-state index in [0.29, 0.717) is 5.92 Å². The van der Waals surface area contributed by atoms with Crippen LogP contribution in [0.2, 0.25) is 0 Å². The Hall–Kier alpha value is -2.93. The van der Waals surface area contributed by atoms with Crippen LogP contribution in [0.4, 0.5) is 0 Å². The minimum absolute atomic E-state index is 0.0727. The summed E-state index contributed by atoms with van der Waals surface area (Å²) >= 11 is 0. The Kier molecular flexibility index (Phi) is 5.16. The van der Waals surface area contributed by atoms with Crippen LogP contribution in [0.1, 0.15) is 56.9 Å². The van der Waals surface area contributed by atoms with Gasteiger partial charge in [0.25, 0.3) is 0 Å². The summed E-state index contributed by atoms with van der Waals surface area (Å²) in [5.41, 5.74) is 10.8. The molecule has 1 heteroatoms. The number of rotatable bonds is 3. The lowest BCUT2D eigenvalue weighted by molar-refractivity contribution is 0.596. The average Bonchev–Trinajstić information content (AvgIpc) is 2.76. The highest BCUT2D eigenvalue weighted by molar-refractivity contribution is 5.91. The molecule has 32 heavy (non-hydrogen) atoms. The second-order valence-electron chi connectivity index (χ2n) is 10.8. The second kappa shape index (κ2) is 7.89. The van der Waals surface area contributed by atoms with Crippen molar-refractivity contribution in [2.75, 3.05) is 0 Å². The van der Waals surface area contributed by atoms with Gasteiger partial charge in [-0.05, 0) is 92.9 Å². The number of hydrogen-bond donors (Lipinski definition) is 0. The Morgan fingerprint density at radius 3 is 2.41 bits per heavy atom. The van der Waals surface area contributed by atoms with Crippen LogP contribution in [0, 0.1) is 5.92 Å². The van der Waals surface area contributed by atoms with Gasteiger partial charge < -0.3 is 0 Å². The van der Waals surface area contributed by atoms with Gasteiger partial charge in [-0.1, -0.05) is 77.1 Å². The first-order valence-electron chi connectivity index (χ1n) is 11.9. The standard InChI is InChI=1S/C31H33N/c1-20(2)14-21-10-13-26-23(15-21)11-12-24-19-32-30(18-28(24)26)25-16-22-8-6-7-9-27(22)29(17-25)31(3,4)5/h6-10,13,15-20H,11-12,14H2,1-5H3. The molecule has 1 aliphatic rings. The van der Waals surface area contributed by atoms with E-state index in [-0.39, 0.29) is 5.41 Å². The number of benzene rings is 3. The molecule has 0 radical (unpaired) electrons. The first-order valence-corrected chi connectivity index (χ1v) is 11.9. The Bertz CT molecular complexity index is 1300. The Morgan fingerprint density at radius 1 is 0.844 bits per heavy atom. The normalized spacial score (nSPS) is 13.3. The molecule has 0 atom stereocenters. The molecule has 0 saturated heterocycles. The first kappa shape index (κ1) is 20.9. The van der Waals surface area contributed by atoms with Crippen molar-refractivity contribution in [3.8, 4) is 22.4 Å². The predicted molar refractivity (Wildman–Crippen MR) is 137 cm³/mol. The minimum Gasteiger partial charge on any atom is -0.256 e. The molecule has 3 aromatic carbocycles. The molecule has 162 valence electrons. The van der Waals surface area contributed by atoms with Crippen molar-refractivity contribution < 1.29 is 0 Å². The van der Waals surface area contributed by atoms with Crippen LogP contribution in [0.15, 0.2) is 66.9 Å². The van der Waals surface area contributed by atoms with Gasteiger partial charge in [-0.25, -0.2) is 0 Å². The average molecular weight is 420 g/mol. The van der Waals surface area contributed by atoms with Gasteiger partial charge in [0.05, 0.1) is 5.69 Å². The van der Waals surface area contributed by atoms with Gasteiger partial charge in [0.2, 0.25) is 0 Å². The molecule has 1 heterocycles. The summed E-state index contributed by atoms with van der Waals surface area (Å²) in [6, 6.07) is 22.8. The van der Waals surface area contributed by atoms with Crippen LogP contribution in [0.3, 0.4) is 0 Å². The Morgan fingerprint density at radius 2 is 1.62 bits per heavy atom. The number of fused-ring (bicyclic) bond motifs is 4. The summed E-state index contributed by atoms with van der Waals surface area (Å²) in [6.07, 6.45) is 5.45. The minimum atomic E-state index is 0.0727. The number of aryl methyl sites for hydroxylation is 2. The predicted octanol–water partition coefficient (Wildman–Crippen LogP) is 8.16. The van der Waals surface area contributed by atoms with E-state index in [1.54, 1.807) is 0 Å². The second-order valence-corrected chi connectivity index (χ2v) is 10.8. The van der Waals surface area contributed by atoms with Gasteiger partial charge in [0.1, 0.15) is 0 Å². The highest BCUT2D eigenvalue weighted by Gasteiger charge is 2.21. The molecular weight excluding hydrogens is 386 g/mol. The van der Waals surface area contributed by atoms with E-state index in [4.69, 9.17) is 4.98 Å². The molecular formula is C31H33N. The van der Waals surface area contributed by atoms with E-state index in [2.05, 4.69) is 101 Å². The van der Waals surface area contributed by atoms with E-state index >= 15 is 0 Å². The molecule has 0 aliphatic heterocycles. The van der Waals surface area contributed by atoms with Gasteiger partial charge in [-0.15, -0.1) is 0 Å². The smallest absolute Gasteiger partial charge is 0.0708 e. The van der Waals surface area contributed by atoms with Crippen molar-refractivity contribution in [3.63, 3.8) is 0 Å². The fraction of sp³-hybridized carbons (Fsp3) is 0.323. The number of nitrogens with zero attached hydrogens (tertiary/aromatic N) is 1. The third-order valence-corrected chi connectivity index (χ3v) is 6.72. The SMILES string of the molecule is CC(C)Cc1ccc2c(c1)CCc1cnc(-c3cc(C(C)(C)C)c4ccccc4c3)cc1-2. The molecule has 0 spiro atoms. The lowest BCUT2D eigenvalue weighted by Gasteiger charge is -2.24. The van der Waals surface area contributed by atoms with Gasteiger partial charge in [-0.2, -0.15) is 0 Å². The van der Waals surface area contributed by atoms with Crippen molar-refractivity contribution in [2.24, 2.45) is 5.92 Å².